The summed E-state index contributed by atoms with van der Waals surface area (Å²) in [5, 5.41) is 7.44. The average Bonchev–Trinajstić information content (AvgIpc) is 3.01. The predicted molar refractivity (Wildman–Crippen MR) is 79.6 cm³/mol. The summed E-state index contributed by atoms with van der Waals surface area (Å²) < 4.78 is 14.9. The van der Waals surface area contributed by atoms with Gasteiger partial charge in [0.15, 0.2) is 0 Å². The summed E-state index contributed by atoms with van der Waals surface area (Å²) >= 11 is 1.38. The van der Waals surface area contributed by atoms with E-state index in [1.807, 2.05) is 18.2 Å². The molecular formula is C14H19N3O2S. The van der Waals surface area contributed by atoms with E-state index in [4.69, 9.17) is 9.47 Å². The average molecular weight is 293 g/mol. The third kappa shape index (κ3) is 3.08. The van der Waals surface area contributed by atoms with Crippen LogP contribution in [0.5, 0.6) is 11.5 Å². The van der Waals surface area contributed by atoms with Crippen molar-refractivity contribution in [2.45, 2.75) is 19.4 Å². The minimum Gasteiger partial charge on any atom is -0.496 e. The lowest BCUT2D eigenvalue weighted by Crippen LogP contribution is -2.23. The first-order valence-electron chi connectivity index (χ1n) is 6.53. The first-order valence-corrected chi connectivity index (χ1v) is 7.30. The van der Waals surface area contributed by atoms with Crippen molar-refractivity contribution in [1.29, 1.82) is 0 Å². The fraction of sp³-hybridized carbons (Fsp3) is 0.429. The Bertz CT molecular complexity index is 509. The lowest BCUT2D eigenvalue weighted by Gasteiger charge is -2.21. The Morgan fingerprint density at radius 1 is 1.25 bits per heavy atom. The van der Waals surface area contributed by atoms with Crippen molar-refractivity contribution in [2.75, 3.05) is 20.8 Å². The topological polar surface area (TPSA) is 56.3 Å². The van der Waals surface area contributed by atoms with E-state index in [9.17, 15) is 0 Å². The van der Waals surface area contributed by atoms with Crippen molar-refractivity contribution in [1.82, 2.24) is 14.9 Å². The molecule has 1 aromatic carbocycles. The highest BCUT2D eigenvalue weighted by Crippen LogP contribution is 2.37. The minimum absolute atomic E-state index is 0.0268. The number of aromatic nitrogens is 2. The van der Waals surface area contributed by atoms with Crippen molar-refractivity contribution < 1.29 is 9.47 Å². The molecule has 0 radical (unpaired) electrons. The van der Waals surface area contributed by atoms with Crippen LogP contribution in [0.1, 0.15) is 29.8 Å². The lowest BCUT2D eigenvalue weighted by molar-refractivity contribution is 0.377. The van der Waals surface area contributed by atoms with Crippen LogP contribution in [0, 0.1) is 0 Å². The van der Waals surface area contributed by atoms with Crippen molar-refractivity contribution in [2.24, 2.45) is 0 Å². The number of benzene rings is 1. The molecule has 1 aromatic heterocycles. The van der Waals surface area contributed by atoms with Crippen molar-refractivity contribution >= 4 is 11.5 Å². The number of hydrogen-bond acceptors (Lipinski definition) is 6. The molecule has 0 saturated carbocycles. The van der Waals surface area contributed by atoms with Gasteiger partial charge in [-0.2, -0.15) is 0 Å². The molecule has 0 aliphatic rings. The van der Waals surface area contributed by atoms with Crippen LogP contribution in [0.25, 0.3) is 0 Å². The van der Waals surface area contributed by atoms with E-state index in [0.29, 0.717) is 0 Å². The summed E-state index contributed by atoms with van der Waals surface area (Å²) in [6.45, 7) is 3.03. The molecule has 1 atom stereocenters. The van der Waals surface area contributed by atoms with Gasteiger partial charge in [-0.3, -0.25) is 0 Å². The quantitative estimate of drug-likeness (QED) is 0.850. The fourth-order valence-electron chi connectivity index (χ4n) is 2.10. The monoisotopic (exact) mass is 293 g/mol. The van der Waals surface area contributed by atoms with Gasteiger partial charge < -0.3 is 14.8 Å². The second-order valence-corrected chi connectivity index (χ2v) is 5.10. The number of methoxy groups -OCH3 is 2. The summed E-state index contributed by atoms with van der Waals surface area (Å²) in [5.74, 6) is 1.60. The summed E-state index contributed by atoms with van der Waals surface area (Å²) in [5.41, 5.74) is 0.983. The van der Waals surface area contributed by atoms with Crippen LogP contribution < -0.4 is 14.8 Å². The number of ether oxygens (including phenoxy) is 2. The van der Waals surface area contributed by atoms with E-state index in [2.05, 4.69) is 21.8 Å². The van der Waals surface area contributed by atoms with Gasteiger partial charge in [0.2, 0.25) is 0 Å². The Hall–Kier alpha value is -1.66. The largest absolute Gasteiger partial charge is 0.496 e. The van der Waals surface area contributed by atoms with Gasteiger partial charge in [-0.15, -0.1) is 5.10 Å². The standard InChI is InChI=1S/C14H19N3O2S/c1-4-8-15-14(12-9-16-17-20-12)13-10(18-2)6-5-7-11(13)19-3/h5-7,9,14-15H,4,8H2,1-3H3. The Kier molecular flexibility index (Phi) is 5.31. The zero-order chi connectivity index (χ0) is 14.4. The van der Waals surface area contributed by atoms with Crippen LogP contribution in [0.3, 0.4) is 0 Å². The maximum Gasteiger partial charge on any atom is 0.127 e. The highest BCUT2D eigenvalue weighted by molar-refractivity contribution is 7.05. The highest BCUT2D eigenvalue weighted by Gasteiger charge is 2.23. The van der Waals surface area contributed by atoms with Gasteiger partial charge in [0, 0.05) is 0 Å². The Morgan fingerprint density at radius 2 is 1.95 bits per heavy atom. The zero-order valence-electron chi connectivity index (χ0n) is 11.9. The molecule has 1 unspecified atom stereocenters. The van der Waals surface area contributed by atoms with Gasteiger partial charge >= 0.3 is 0 Å². The molecule has 0 aliphatic heterocycles. The summed E-state index contributed by atoms with van der Waals surface area (Å²) in [7, 11) is 3.33. The smallest absolute Gasteiger partial charge is 0.127 e. The van der Waals surface area contributed by atoms with Gasteiger partial charge in [0.25, 0.3) is 0 Å². The molecule has 108 valence electrons. The summed E-state index contributed by atoms with van der Waals surface area (Å²) in [6.07, 6.45) is 2.82. The van der Waals surface area contributed by atoms with E-state index >= 15 is 0 Å². The van der Waals surface area contributed by atoms with Gasteiger partial charge in [-0.05, 0) is 36.6 Å². The molecule has 0 aliphatic carbocycles. The van der Waals surface area contributed by atoms with Gasteiger partial charge in [-0.25, -0.2) is 0 Å². The van der Waals surface area contributed by atoms with E-state index in [1.54, 1.807) is 20.4 Å². The van der Waals surface area contributed by atoms with Gasteiger partial charge in [0.1, 0.15) is 11.5 Å². The van der Waals surface area contributed by atoms with E-state index in [-0.39, 0.29) is 6.04 Å². The molecular weight excluding hydrogens is 274 g/mol. The van der Waals surface area contributed by atoms with Crippen LogP contribution >= 0.6 is 11.5 Å². The van der Waals surface area contributed by atoms with Gasteiger partial charge in [-0.1, -0.05) is 17.5 Å². The molecule has 0 fully saturated rings. The van der Waals surface area contributed by atoms with Crippen LogP contribution in [0.15, 0.2) is 24.4 Å². The molecule has 0 spiro atoms. The van der Waals surface area contributed by atoms with E-state index < -0.39 is 0 Å². The molecule has 1 N–H and O–H groups in total. The minimum atomic E-state index is -0.0268. The van der Waals surface area contributed by atoms with Crippen LogP contribution in [0.4, 0.5) is 0 Å². The second kappa shape index (κ2) is 7.21. The van der Waals surface area contributed by atoms with Crippen LogP contribution in [-0.2, 0) is 0 Å². The first kappa shape index (κ1) is 14.7. The Balaban J connectivity index is 2.47. The Morgan fingerprint density at radius 3 is 2.45 bits per heavy atom. The zero-order valence-corrected chi connectivity index (χ0v) is 12.7. The predicted octanol–water partition coefficient (Wildman–Crippen LogP) is 2.64. The van der Waals surface area contributed by atoms with Crippen molar-refractivity contribution in [3.8, 4) is 11.5 Å². The van der Waals surface area contributed by atoms with Crippen molar-refractivity contribution in [3.63, 3.8) is 0 Å². The third-order valence-electron chi connectivity index (χ3n) is 3.02. The number of nitrogens with one attached hydrogen (secondary N) is 1. The normalized spacial score (nSPS) is 12.2. The molecule has 20 heavy (non-hydrogen) atoms. The fourth-order valence-corrected chi connectivity index (χ4v) is 2.69. The van der Waals surface area contributed by atoms with E-state index in [1.165, 1.54) is 11.5 Å². The van der Waals surface area contributed by atoms with Crippen LogP contribution in [-0.4, -0.2) is 30.4 Å². The SMILES string of the molecule is CCCNC(c1cnns1)c1c(OC)cccc1OC. The molecule has 5 nitrogen and oxygen atoms in total. The summed E-state index contributed by atoms with van der Waals surface area (Å²) in [6, 6.07) is 5.77. The third-order valence-corrected chi connectivity index (χ3v) is 3.74. The second-order valence-electron chi connectivity index (χ2n) is 4.28. The number of rotatable bonds is 7. The molecule has 1 heterocycles. The molecule has 6 heteroatoms. The van der Waals surface area contributed by atoms with Crippen LogP contribution in [0.2, 0.25) is 0 Å². The maximum atomic E-state index is 5.49. The molecule has 0 bridgehead atoms. The number of nitrogens with zero attached hydrogens (tertiary/aromatic N) is 2. The number of hydrogen-bond donors (Lipinski definition) is 1. The maximum absolute atomic E-state index is 5.49. The molecule has 0 saturated heterocycles. The van der Waals surface area contributed by atoms with Crippen molar-refractivity contribution in [3.05, 3.63) is 34.8 Å². The first-order chi connectivity index (χ1) is 9.81. The molecule has 2 rings (SSSR count). The lowest BCUT2D eigenvalue weighted by atomic mass is 10.0. The molecule has 0 amide bonds. The summed E-state index contributed by atoms with van der Waals surface area (Å²) in [4.78, 5) is 1.04. The highest BCUT2D eigenvalue weighted by atomic mass is 32.1. The molecule has 2 aromatic rings. The Labute approximate surface area is 123 Å². The van der Waals surface area contributed by atoms with E-state index in [0.717, 1.165) is 34.9 Å². The van der Waals surface area contributed by atoms with Gasteiger partial charge in [0.05, 0.1) is 36.9 Å².